The molecule has 3 rings (SSSR count). The van der Waals surface area contributed by atoms with Crippen molar-refractivity contribution >= 4 is 27.7 Å². The molecule has 2 amide bonds. The van der Waals surface area contributed by atoms with Crippen molar-refractivity contribution in [2.45, 2.75) is 6.54 Å². The van der Waals surface area contributed by atoms with Crippen molar-refractivity contribution in [3.8, 4) is 17.1 Å². The van der Waals surface area contributed by atoms with Crippen LogP contribution in [-0.2, 0) is 16.1 Å². The Balaban J connectivity index is 1.38. The van der Waals surface area contributed by atoms with E-state index in [0.29, 0.717) is 11.5 Å². The van der Waals surface area contributed by atoms with Crippen LogP contribution in [-0.4, -0.2) is 25.0 Å². The lowest BCUT2D eigenvalue weighted by Gasteiger charge is -2.07. The number of carbonyl (C=O) groups is 2. The quantitative estimate of drug-likeness (QED) is 0.559. The standard InChI is InChI=1S/C21H19BrN2O4/c22-16-8-6-15(7-9-16)19-11-10-18(28-19)12-23-20(25)13-24-21(26)14-27-17-4-2-1-3-5-17/h1-11H,12-14H2,(H,23,25)(H,24,26). The number of carbonyl (C=O) groups excluding carboxylic acids is 2. The Labute approximate surface area is 171 Å². The van der Waals surface area contributed by atoms with Gasteiger partial charge >= 0.3 is 0 Å². The highest BCUT2D eigenvalue weighted by Gasteiger charge is 2.09. The van der Waals surface area contributed by atoms with E-state index < -0.39 is 0 Å². The van der Waals surface area contributed by atoms with E-state index in [1.54, 1.807) is 12.1 Å². The van der Waals surface area contributed by atoms with Crippen molar-refractivity contribution < 1.29 is 18.7 Å². The first-order chi connectivity index (χ1) is 13.6. The highest BCUT2D eigenvalue weighted by molar-refractivity contribution is 9.10. The van der Waals surface area contributed by atoms with E-state index in [0.717, 1.165) is 15.8 Å². The summed E-state index contributed by atoms with van der Waals surface area (Å²) >= 11 is 3.39. The van der Waals surface area contributed by atoms with Gasteiger partial charge in [-0.3, -0.25) is 9.59 Å². The molecular weight excluding hydrogens is 424 g/mol. The van der Waals surface area contributed by atoms with Gasteiger partial charge in [-0.2, -0.15) is 0 Å². The van der Waals surface area contributed by atoms with Gasteiger partial charge in [0.1, 0.15) is 17.3 Å². The predicted molar refractivity (Wildman–Crippen MR) is 109 cm³/mol. The third-order valence-electron chi connectivity index (χ3n) is 3.81. The second kappa shape index (κ2) is 9.75. The monoisotopic (exact) mass is 442 g/mol. The Hall–Kier alpha value is -3.06. The van der Waals surface area contributed by atoms with Crippen molar-refractivity contribution in [3.05, 3.63) is 77.0 Å². The molecular formula is C21H19BrN2O4. The highest BCUT2D eigenvalue weighted by Crippen LogP contribution is 2.23. The molecule has 3 aromatic rings. The van der Waals surface area contributed by atoms with E-state index in [1.165, 1.54) is 0 Å². The van der Waals surface area contributed by atoms with Crippen LogP contribution in [0.5, 0.6) is 5.75 Å². The van der Waals surface area contributed by atoms with Gasteiger partial charge in [0.15, 0.2) is 6.61 Å². The number of para-hydroxylation sites is 1. The lowest BCUT2D eigenvalue weighted by Crippen LogP contribution is -2.38. The Morgan fingerprint density at radius 2 is 1.64 bits per heavy atom. The molecule has 6 nitrogen and oxygen atoms in total. The number of benzene rings is 2. The van der Waals surface area contributed by atoms with Crippen LogP contribution in [0.1, 0.15) is 5.76 Å². The summed E-state index contributed by atoms with van der Waals surface area (Å²) in [7, 11) is 0. The number of halogens is 1. The minimum atomic E-state index is -0.366. The lowest BCUT2D eigenvalue weighted by atomic mass is 10.2. The number of rotatable bonds is 8. The van der Waals surface area contributed by atoms with Crippen LogP contribution in [0.2, 0.25) is 0 Å². The van der Waals surface area contributed by atoms with Crippen molar-refractivity contribution in [1.82, 2.24) is 10.6 Å². The summed E-state index contributed by atoms with van der Waals surface area (Å²) in [5.41, 5.74) is 0.950. The molecule has 0 aliphatic carbocycles. The van der Waals surface area contributed by atoms with Gasteiger partial charge in [0.2, 0.25) is 5.91 Å². The van der Waals surface area contributed by atoms with Crippen LogP contribution >= 0.6 is 15.9 Å². The fraction of sp³-hybridized carbons (Fsp3) is 0.143. The Bertz CT molecular complexity index is 923. The minimum absolute atomic E-state index is 0.128. The Morgan fingerprint density at radius 1 is 0.893 bits per heavy atom. The van der Waals surface area contributed by atoms with E-state index in [1.807, 2.05) is 54.6 Å². The third-order valence-corrected chi connectivity index (χ3v) is 4.34. The minimum Gasteiger partial charge on any atom is -0.484 e. The summed E-state index contributed by atoms with van der Waals surface area (Å²) in [5.74, 6) is 1.28. The number of amides is 2. The molecule has 0 saturated heterocycles. The molecule has 144 valence electrons. The van der Waals surface area contributed by atoms with E-state index in [-0.39, 0.29) is 31.5 Å². The van der Waals surface area contributed by atoms with Crippen LogP contribution in [0.25, 0.3) is 11.3 Å². The number of ether oxygens (including phenoxy) is 1. The zero-order chi connectivity index (χ0) is 19.8. The van der Waals surface area contributed by atoms with Crippen molar-refractivity contribution in [3.63, 3.8) is 0 Å². The topological polar surface area (TPSA) is 80.6 Å². The summed E-state index contributed by atoms with van der Waals surface area (Å²) in [4.78, 5) is 23.6. The first kappa shape index (κ1) is 19.7. The molecule has 0 aliphatic heterocycles. The van der Waals surface area contributed by atoms with Crippen molar-refractivity contribution in [2.24, 2.45) is 0 Å². The van der Waals surface area contributed by atoms with E-state index in [4.69, 9.17) is 9.15 Å². The zero-order valence-electron chi connectivity index (χ0n) is 15.0. The molecule has 7 heteroatoms. The lowest BCUT2D eigenvalue weighted by molar-refractivity contribution is -0.127. The van der Waals surface area contributed by atoms with Crippen molar-refractivity contribution in [2.75, 3.05) is 13.2 Å². The SMILES string of the molecule is O=C(CNC(=O)COc1ccccc1)NCc1ccc(-c2ccc(Br)cc2)o1. The van der Waals surface area contributed by atoms with Crippen LogP contribution in [0.4, 0.5) is 0 Å². The molecule has 0 bridgehead atoms. The molecule has 0 unspecified atom stereocenters. The summed E-state index contributed by atoms with van der Waals surface area (Å²) in [6.07, 6.45) is 0. The predicted octanol–water partition coefficient (Wildman–Crippen LogP) is 3.52. The maximum atomic E-state index is 11.9. The largest absolute Gasteiger partial charge is 0.484 e. The fourth-order valence-corrected chi connectivity index (χ4v) is 2.65. The zero-order valence-corrected chi connectivity index (χ0v) is 16.6. The summed E-state index contributed by atoms with van der Waals surface area (Å²) < 4.78 is 12.0. The van der Waals surface area contributed by atoms with Gasteiger partial charge in [0.25, 0.3) is 5.91 Å². The number of hydrogen-bond acceptors (Lipinski definition) is 4. The smallest absolute Gasteiger partial charge is 0.258 e. The molecule has 0 saturated carbocycles. The Kier molecular flexibility index (Phi) is 6.86. The summed E-state index contributed by atoms with van der Waals surface area (Å²) in [6.45, 7) is -0.0327. The molecule has 1 heterocycles. The first-order valence-electron chi connectivity index (χ1n) is 8.66. The van der Waals surface area contributed by atoms with E-state index >= 15 is 0 Å². The molecule has 0 fully saturated rings. The van der Waals surface area contributed by atoms with Gasteiger partial charge in [-0.05, 0) is 36.4 Å². The highest BCUT2D eigenvalue weighted by atomic mass is 79.9. The summed E-state index contributed by atoms with van der Waals surface area (Å²) in [6, 6.07) is 20.4. The number of hydrogen-bond donors (Lipinski definition) is 2. The second-order valence-corrected chi connectivity index (χ2v) is 6.84. The van der Waals surface area contributed by atoms with Crippen LogP contribution in [0.15, 0.2) is 75.6 Å². The van der Waals surface area contributed by atoms with E-state index in [9.17, 15) is 9.59 Å². The molecule has 1 aromatic heterocycles. The average Bonchev–Trinajstić information content (AvgIpc) is 3.19. The molecule has 28 heavy (non-hydrogen) atoms. The molecule has 0 radical (unpaired) electrons. The Morgan fingerprint density at radius 3 is 2.39 bits per heavy atom. The van der Waals surface area contributed by atoms with Gasteiger partial charge in [-0.1, -0.05) is 46.3 Å². The molecule has 0 aliphatic rings. The molecule has 0 atom stereocenters. The fourth-order valence-electron chi connectivity index (χ4n) is 2.39. The second-order valence-electron chi connectivity index (χ2n) is 5.93. The van der Waals surface area contributed by atoms with Gasteiger partial charge in [0.05, 0.1) is 13.1 Å². The molecule has 0 spiro atoms. The first-order valence-corrected chi connectivity index (χ1v) is 9.45. The van der Waals surface area contributed by atoms with Crippen molar-refractivity contribution in [1.29, 1.82) is 0 Å². The number of nitrogens with one attached hydrogen (secondary N) is 2. The van der Waals surface area contributed by atoms with Gasteiger partial charge in [-0.25, -0.2) is 0 Å². The number of furan rings is 1. The normalized spacial score (nSPS) is 10.3. The van der Waals surface area contributed by atoms with Gasteiger partial charge in [0, 0.05) is 10.0 Å². The van der Waals surface area contributed by atoms with Crippen LogP contribution in [0, 0.1) is 0 Å². The van der Waals surface area contributed by atoms with E-state index in [2.05, 4.69) is 26.6 Å². The maximum Gasteiger partial charge on any atom is 0.258 e. The molecule has 2 aromatic carbocycles. The molecule has 2 N–H and O–H groups in total. The summed E-state index contributed by atoms with van der Waals surface area (Å²) in [5, 5.41) is 5.22. The maximum absolute atomic E-state index is 11.9. The van der Waals surface area contributed by atoms with Gasteiger partial charge < -0.3 is 19.8 Å². The van der Waals surface area contributed by atoms with Gasteiger partial charge in [-0.15, -0.1) is 0 Å². The van der Waals surface area contributed by atoms with Crippen LogP contribution in [0.3, 0.4) is 0 Å². The average molecular weight is 443 g/mol. The third kappa shape index (κ3) is 5.99. The van der Waals surface area contributed by atoms with Crippen LogP contribution < -0.4 is 15.4 Å².